The van der Waals surface area contributed by atoms with Crippen molar-refractivity contribution < 1.29 is 4.79 Å². The van der Waals surface area contributed by atoms with E-state index in [9.17, 15) is 4.79 Å². The molecule has 0 spiro atoms. The molecule has 19 heavy (non-hydrogen) atoms. The summed E-state index contributed by atoms with van der Waals surface area (Å²) in [5, 5.41) is 2.25. The standard InChI is InChI=1S/C16H15NOS/c1-12(18)19-11-5-4-6-13-9-10-16(17)15-8-3-2-7-14(13)15/h2-3,7-10H,5,11,17H2,1H3. The predicted molar refractivity (Wildman–Crippen MR) is 83.0 cm³/mol. The molecule has 0 saturated carbocycles. The van der Waals surface area contributed by atoms with Crippen LogP contribution < -0.4 is 5.73 Å². The van der Waals surface area contributed by atoms with Crippen LogP contribution in [-0.2, 0) is 4.79 Å². The average molecular weight is 269 g/mol. The number of anilines is 1. The van der Waals surface area contributed by atoms with Gasteiger partial charge in [0.15, 0.2) is 5.12 Å². The summed E-state index contributed by atoms with van der Waals surface area (Å²) in [4.78, 5) is 10.8. The van der Waals surface area contributed by atoms with Gasteiger partial charge < -0.3 is 5.73 Å². The SMILES string of the molecule is CC(=O)SCCC#Cc1ccc(N)c2ccccc12. The van der Waals surface area contributed by atoms with E-state index < -0.39 is 0 Å². The Morgan fingerprint density at radius 1 is 1.21 bits per heavy atom. The monoisotopic (exact) mass is 269 g/mol. The van der Waals surface area contributed by atoms with Crippen molar-refractivity contribution in [1.29, 1.82) is 0 Å². The third-order valence-corrected chi connectivity index (χ3v) is 3.53. The molecule has 2 rings (SSSR count). The number of hydrogen-bond acceptors (Lipinski definition) is 3. The fourth-order valence-electron chi connectivity index (χ4n) is 1.83. The molecule has 0 aliphatic carbocycles. The van der Waals surface area contributed by atoms with Crippen molar-refractivity contribution in [2.24, 2.45) is 0 Å². The van der Waals surface area contributed by atoms with E-state index in [4.69, 9.17) is 5.73 Å². The molecule has 0 aliphatic rings. The smallest absolute Gasteiger partial charge is 0.185 e. The van der Waals surface area contributed by atoms with Crippen LogP contribution in [0.3, 0.4) is 0 Å². The molecule has 96 valence electrons. The summed E-state index contributed by atoms with van der Waals surface area (Å²) >= 11 is 1.31. The van der Waals surface area contributed by atoms with Crippen LogP contribution >= 0.6 is 11.8 Å². The highest BCUT2D eigenvalue weighted by molar-refractivity contribution is 8.13. The van der Waals surface area contributed by atoms with Crippen LogP contribution in [0.15, 0.2) is 36.4 Å². The van der Waals surface area contributed by atoms with E-state index in [1.807, 2.05) is 36.4 Å². The minimum absolute atomic E-state index is 0.139. The van der Waals surface area contributed by atoms with Gasteiger partial charge in [0, 0.05) is 35.7 Å². The second kappa shape index (κ2) is 6.31. The molecule has 0 heterocycles. The first-order chi connectivity index (χ1) is 9.18. The Morgan fingerprint density at radius 2 is 1.95 bits per heavy atom. The van der Waals surface area contributed by atoms with Crippen molar-refractivity contribution in [3.63, 3.8) is 0 Å². The maximum Gasteiger partial charge on any atom is 0.185 e. The lowest BCUT2D eigenvalue weighted by Crippen LogP contribution is -1.89. The summed E-state index contributed by atoms with van der Waals surface area (Å²) < 4.78 is 0. The lowest BCUT2D eigenvalue weighted by molar-refractivity contribution is -0.109. The van der Waals surface area contributed by atoms with Crippen molar-refractivity contribution >= 4 is 33.3 Å². The first kappa shape index (κ1) is 13.5. The number of carbonyl (C=O) groups is 1. The largest absolute Gasteiger partial charge is 0.398 e. The molecular formula is C16H15NOS. The summed E-state index contributed by atoms with van der Waals surface area (Å²) in [5.74, 6) is 7.01. The quantitative estimate of drug-likeness (QED) is 0.516. The van der Waals surface area contributed by atoms with E-state index in [2.05, 4.69) is 11.8 Å². The summed E-state index contributed by atoms with van der Waals surface area (Å²) in [7, 11) is 0. The number of rotatable bonds is 2. The maximum absolute atomic E-state index is 10.8. The second-order valence-electron chi connectivity index (χ2n) is 4.14. The van der Waals surface area contributed by atoms with Crippen molar-refractivity contribution in [3.05, 3.63) is 42.0 Å². The molecule has 0 amide bonds. The van der Waals surface area contributed by atoms with Crippen LogP contribution in [0.4, 0.5) is 5.69 Å². The van der Waals surface area contributed by atoms with E-state index in [1.54, 1.807) is 6.92 Å². The molecule has 0 bridgehead atoms. The zero-order valence-electron chi connectivity index (χ0n) is 10.8. The molecule has 3 heteroatoms. The van der Waals surface area contributed by atoms with Gasteiger partial charge in [0.1, 0.15) is 0 Å². The summed E-state index contributed by atoms with van der Waals surface area (Å²) in [6, 6.07) is 11.8. The lowest BCUT2D eigenvalue weighted by atomic mass is 10.0. The van der Waals surface area contributed by atoms with E-state index >= 15 is 0 Å². The number of hydrogen-bond donors (Lipinski definition) is 1. The van der Waals surface area contributed by atoms with E-state index in [0.29, 0.717) is 6.42 Å². The van der Waals surface area contributed by atoms with Gasteiger partial charge in [-0.1, -0.05) is 47.9 Å². The number of nitrogen functional groups attached to an aromatic ring is 1. The highest BCUT2D eigenvalue weighted by Gasteiger charge is 2.00. The molecule has 2 aromatic carbocycles. The van der Waals surface area contributed by atoms with Gasteiger partial charge in [0.25, 0.3) is 0 Å². The molecule has 0 fully saturated rings. The van der Waals surface area contributed by atoms with Crippen molar-refractivity contribution in [2.75, 3.05) is 11.5 Å². The Labute approximate surface area is 117 Å². The molecule has 0 unspecified atom stereocenters. The van der Waals surface area contributed by atoms with Crippen LogP contribution in [0.2, 0.25) is 0 Å². The third-order valence-electron chi connectivity index (χ3n) is 2.71. The van der Waals surface area contributed by atoms with E-state index in [1.165, 1.54) is 11.8 Å². The first-order valence-corrected chi connectivity index (χ1v) is 7.06. The van der Waals surface area contributed by atoms with Gasteiger partial charge in [-0.25, -0.2) is 0 Å². The molecule has 0 saturated heterocycles. The van der Waals surface area contributed by atoms with Gasteiger partial charge in [-0.2, -0.15) is 0 Å². The summed E-state index contributed by atoms with van der Waals surface area (Å²) in [6.07, 6.45) is 0.711. The molecule has 0 aromatic heterocycles. The normalized spacial score (nSPS) is 9.95. The number of carbonyl (C=O) groups excluding carboxylic acids is 1. The fraction of sp³-hybridized carbons (Fsp3) is 0.188. The molecule has 0 atom stereocenters. The number of fused-ring (bicyclic) bond motifs is 1. The average Bonchev–Trinajstić information content (AvgIpc) is 2.41. The Hall–Kier alpha value is -1.92. The Bertz CT molecular complexity index is 667. The topological polar surface area (TPSA) is 43.1 Å². The van der Waals surface area contributed by atoms with E-state index in [-0.39, 0.29) is 5.12 Å². The Kier molecular flexibility index (Phi) is 4.48. The molecule has 2 N–H and O–H groups in total. The van der Waals surface area contributed by atoms with Gasteiger partial charge >= 0.3 is 0 Å². The number of thioether (sulfide) groups is 1. The van der Waals surface area contributed by atoms with Gasteiger partial charge in [0.2, 0.25) is 0 Å². The van der Waals surface area contributed by atoms with E-state index in [0.717, 1.165) is 27.8 Å². The predicted octanol–water partition coefficient (Wildman–Crippen LogP) is 3.44. The molecule has 0 radical (unpaired) electrons. The van der Waals surface area contributed by atoms with Crippen LogP contribution in [-0.4, -0.2) is 10.9 Å². The molecule has 0 aliphatic heterocycles. The zero-order chi connectivity index (χ0) is 13.7. The zero-order valence-corrected chi connectivity index (χ0v) is 11.6. The number of nitrogens with two attached hydrogens (primary N) is 1. The van der Waals surface area contributed by atoms with Crippen LogP contribution in [0, 0.1) is 11.8 Å². The minimum Gasteiger partial charge on any atom is -0.398 e. The minimum atomic E-state index is 0.139. The van der Waals surface area contributed by atoms with Gasteiger partial charge in [-0.3, -0.25) is 4.79 Å². The Balaban J connectivity index is 2.20. The second-order valence-corrected chi connectivity index (χ2v) is 5.41. The van der Waals surface area contributed by atoms with Crippen LogP contribution in [0.1, 0.15) is 18.9 Å². The van der Waals surface area contributed by atoms with Crippen LogP contribution in [0.5, 0.6) is 0 Å². The number of benzene rings is 2. The van der Waals surface area contributed by atoms with Gasteiger partial charge in [0.05, 0.1) is 0 Å². The van der Waals surface area contributed by atoms with Crippen molar-refractivity contribution in [2.45, 2.75) is 13.3 Å². The molecular weight excluding hydrogens is 254 g/mol. The highest BCUT2D eigenvalue weighted by Crippen LogP contribution is 2.23. The summed E-state index contributed by atoms with van der Waals surface area (Å²) in [5.41, 5.74) is 7.70. The maximum atomic E-state index is 10.8. The third kappa shape index (κ3) is 3.52. The first-order valence-electron chi connectivity index (χ1n) is 6.08. The Morgan fingerprint density at radius 3 is 2.68 bits per heavy atom. The van der Waals surface area contributed by atoms with Gasteiger partial charge in [-0.15, -0.1) is 0 Å². The van der Waals surface area contributed by atoms with Gasteiger partial charge in [-0.05, 0) is 17.5 Å². The lowest BCUT2D eigenvalue weighted by Gasteiger charge is -2.03. The van der Waals surface area contributed by atoms with Crippen molar-refractivity contribution in [1.82, 2.24) is 0 Å². The fourth-order valence-corrected chi connectivity index (χ4v) is 2.33. The van der Waals surface area contributed by atoms with Crippen molar-refractivity contribution in [3.8, 4) is 11.8 Å². The molecule has 2 nitrogen and oxygen atoms in total. The molecule has 2 aromatic rings. The highest BCUT2D eigenvalue weighted by atomic mass is 32.2. The summed E-state index contributed by atoms with van der Waals surface area (Å²) in [6.45, 7) is 1.57. The van der Waals surface area contributed by atoms with Crippen LogP contribution in [0.25, 0.3) is 10.8 Å².